The van der Waals surface area contributed by atoms with Crippen LogP contribution in [0.25, 0.3) is 0 Å². The molecule has 2 aliphatic carbocycles. The van der Waals surface area contributed by atoms with Crippen molar-refractivity contribution in [1.29, 1.82) is 0 Å². The first kappa shape index (κ1) is 11.8. The number of rotatable bonds is 5. The van der Waals surface area contributed by atoms with Gasteiger partial charge < -0.3 is 5.32 Å². The maximum absolute atomic E-state index is 3.83. The van der Waals surface area contributed by atoms with E-state index in [1.54, 1.807) is 0 Å². The first-order valence-electron chi connectivity index (χ1n) is 6.56. The standard InChI is InChI=1S/C13H25NS/c1-10(9-11-3-4-11)14-12-5-7-13(15-2)8-6-12/h10-14H,3-9H2,1-2H3. The lowest BCUT2D eigenvalue weighted by Crippen LogP contribution is -2.39. The van der Waals surface area contributed by atoms with E-state index in [0.717, 1.165) is 23.3 Å². The summed E-state index contributed by atoms with van der Waals surface area (Å²) in [5.74, 6) is 1.06. The van der Waals surface area contributed by atoms with E-state index in [1.165, 1.54) is 44.9 Å². The van der Waals surface area contributed by atoms with Crippen molar-refractivity contribution in [3.05, 3.63) is 0 Å². The Kier molecular flexibility index (Phi) is 4.39. The zero-order chi connectivity index (χ0) is 10.7. The van der Waals surface area contributed by atoms with Crippen LogP contribution in [0.3, 0.4) is 0 Å². The lowest BCUT2D eigenvalue weighted by atomic mass is 9.94. The number of nitrogens with one attached hydrogen (secondary N) is 1. The maximum atomic E-state index is 3.83. The SMILES string of the molecule is CSC1CCC(NC(C)CC2CC2)CC1. The van der Waals surface area contributed by atoms with Crippen LogP contribution in [0, 0.1) is 5.92 Å². The van der Waals surface area contributed by atoms with E-state index < -0.39 is 0 Å². The van der Waals surface area contributed by atoms with Crippen molar-refractivity contribution in [1.82, 2.24) is 5.32 Å². The molecule has 2 saturated carbocycles. The topological polar surface area (TPSA) is 12.0 Å². The molecule has 2 rings (SSSR count). The van der Waals surface area contributed by atoms with Gasteiger partial charge in [-0.2, -0.15) is 11.8 Å². The third-order valence-electron chi connectivity index (χ3n) is 3.91. The molecule has 1 N–H and O–H groups in total. The maximum Gasteiger partial charge on any atom is 0.00703 e. The Morgan fingerprint density at radius 3 is 2.33 bits per heavy atom. The van der Waals surface area contributed by atoms with Crippen LogP contribution >= 0.6 is 11.8 Å². The van der Waals surface area contributed by atoms with Crippen LogP contribution in [0.2, 0.25) is 0 Å². The molecule has 1 atom stereocenters. The summed E-state index contributed by atoms with van der Waals surface area (Å²) in [6.07, 6.45) is 12.3. The molecule has 1 unspecified atom stereocenters. The Hall–Kier alpha value is 0.310. The fraction of sp³-hybridized carbons (Fsp3) is 1.00. The largest absolute Gasteiger partial charge is 0.311 e. The molecule has 0 aromatic rings. The van der Waals surface area contributed by atoms with Crippen molar-refractivity contribution >= 4 is 11.8 Å². The van der Waals surface area contributed by atoms with Gasteiger partial charge >= 0.3 is 0 Å². The highest BCUT2D eigenvalue weighted by Crippen LogP contribution is 2.34. The molecule has 0 aliphatic heterocycles. The van der Waals surface area contributed by atoms with Gasteiger partial charge in [0, 0.05) is 17.3 Å². The third-order valence-corrected chi connectivity index (χ3v) is 5.05. The van der Waals surface area contributed by atoms with E-state index >= 15 is 0 Å². The summed E-state index contributed by atoms with van der Waals surface area (Å²) >= 11 is 2.06. The summed E-state index contributed by atoms with van der Waals surface area (Å²) in [4.78, 5) is 0. The molecule has 0 saturated heterocycles. The highest BCUT2D eigenvalue weighted by molar-refractivity contribution is 7.99. The van der Waals surface area contributed by atoms with Gasteiger partial charge in [-0.15, -0.1) is 0 Å². The fourth-order valence-electron chi connectivity index (χ4n) is 2.79. The van der Waals surface area contributed by atoms with Crippen LogP contribution in [-0.4, -0.2) is 23.6 Å². The van der Waals surface area contributed by atoms with Crippen LogP contribution in [0.1, 0.15) is 51.9 Å². The van der Waals surface area contributed by atoms with Crippen LogP contribution in [0.5, 0.6) is 0 Å². The molecule has 0 heterocycles. The second-order valence-corrected chi connectivity index (χ2v) is 6.59. The van der Waals surface area contributed by atoms with Crippen LogP contribution < -0.4 is 5.32 Å². The molecular formula is C13H25NS. The Morgan fingerprint density at radius 1 is 1.13 bits per heavy atom. The highest BCUT2D eigenvalue weighted by atomic mass is 32.2. The molecule has 2 aliphatic rings. The van der Waals surface area contributed by atoms with Crippen molar-refractivity contribution in [3.8, 4) is 0 Å². The Bertz CT molecular complexity index is 183. The summed E-state index contributed by atoms with van der Waals surface area (Å²) in [5.41, 5.74) is 0. The Balaban J connectivity index is 1.62. The van der Waals surface area contributed by atoms with Gasteiger partial charge in [-0.25, -0.2) is 0 Å². The zero-order valence-electron chi connectivity index (χ0n) is 10.2. The fourth-order valence-corrected chi connectivity index (χ4v) is 3.53. The van der Waals surface area contributed by atoms with Gasteiger partial charge in [-0.1, -0.05) is 12.8 Å². The average Bonchev–Trinajstić information content (AvgIpc) is 3.03. The minimum Gasteiger partial charge on any atom is -0.311 e. The Labute approximate surface area is 98.8 Å². The minimum absolute atomic E-state index is 0.758. The quantitative estimate of drug-likeness (QED) is 0.772. The van der Waals surface area contributed by atoms with E-state index in [9.17, 15) is 0 Å². The van der Waals surface area contributed by atoms with Gasteiger partial charge in [-0.05, 0) is 51.2 Å². The molecular weight excluding hydrogens is 202 g/mol. The van der Waals surface area contributed by atoms with E-state index in [1.807, 2.05) is 0 Å². The zero-order valence-corrected chi connectivity index (χ0v) is 11.0. The molecule has 0 aromatic carbocycles. The molecule has 2 heteroatoms. The van der Waals surface area contributed by atoms with Gasteiger partial charge in [0.1, 0.15) is 0 Å². The van der Waals surface area contributed by atoms with Crippen LogP contribution in [0.15, 0.2) is 0 Å². The summed E-state index contributed by atoms with van der Waals surface area (Å²) in [6, 6.07) is 1.58. The summed E-state index contributed by atoms with van der Waals surface area (Å²) in [6.45, 7) is 2.37. The molecule has 0 aromatic heterocycles. The van der Waals surface area contributed by atoms with Crippen LogP contribution in [-0.2, 0) is 0 Å². The molecule has 0 amide bonds. The van der Waals surface area contributed by atoms with E-state index in [4.69, 9.17) is 0 Å². The molecule has 0 bridgehead atoms. The van der Waals surface area contributed by atoms with E-state index in [0.29, 0.717) is 0 Å². The highest BCUT2D eigenvalue weighted by Gasteiger charge is 2.26. The van der Waals surface area contributed by atoms with Gasteiger partial charge in [-0.3, -0.25) is 0 Å². The molecule has 0 radical (unpaired) electrons. The normalized spacial score (nSPS) is 34.0. The van der Waals surface area contributed by atoms with Gasteiger partial charge in [0.15, 0.2) is 0 Å². The van der Waals surface area contributed by atoms with Crippen molar-refractivity contribution in [3.63, 3.8) is 0 Å². The van der Waals surface area contributed by atoms with Crippen molar-refractivity contribution in [2.45, 2.75) is 69.2 Å². The lowest BCUT2D eigenvalue weighted by molar-refractivity contribution is 0.336. The third kappa shape index (κ3) is 3.99. The van der Waals surface area contributed by atoms with Crippen molar-refractivity contribution in [2.24, 2.45) is 5.92 Å². The average molecular weight is 227 g/mol. The van der Waals surface area contributed by atoms with E-state index in [2.05, 4.69) is 30.3 Å². The number of hydrogen-bond donors (Lipinski definition) is 1. The van der Waals surface area contributed by atoms with Gasteiger partial charge in [0.05, 0.1) is 0 Å². The Morgan fingerprint density at radius 2 is 1.80 bits per heavy atom. The smallest absolute Gasteiger partial charge is 0.00703 e. The first-order chi connectivity index (χ1) is 7.28. The second kappa shape index (κ2) is 5.58. The van der Waals surface area contributed by atoms with Crippen LogP contribution in [0.4, 0.5) is 0 Å². The monoisotopic (exact) mass is 227 g/mol. The minimum atomic E-state index is 0.758. The second-order valence-electron chi connectivity index (χ2n) is 5.46. The van der Waals surface area contributed by atoms with Gasteiger partial charge in [0.2, 0.25) is 0 Å². The number of hydrogen-bond acceptors (Lipinski definition) is 2. The van der Waals surface area contributed by atoms with E-state index in [-0.39, 0.29) is 0 Å². The first-order valence-corrected chi connectivity index (χ1v) is 7.85. The molecule has 88 valence electrons. The lowest BCUT2D eigenvalue weighted by Gasteiger charge is -2.30. The van der Waals surface area contributed by atoms with Crippen molar-refractivity contribution in [2.75, 3.05) is 6.26 Å². The molecule has 15 heavy (non-hydrogen) atoms. The summed E-state index contributed by atoms with van der Waals surface area (Å²) < 4.78 is 0. The molecule has 0 spiro atoms. The molecule has 1 nitrogen and oxygen atoms in total. The predicted molar refractivity (Wildman–Crippen MR) is 69.5 cm³/mol. The summed E-state index contributed by atoms with van der Waals surface area (Å²) in [7, 11) is 0. The van der Waals surface area contributed by atoms with Gasteiger partial charge in [0.25, 0.3) is 0 Å². The molecule has 2 fully saturated rings. The van der Waals surface area contributed by atoms with Crippen molar-refractivity contribution < 1.29 is 0 Å². The summed E-state index contributed by atoms with van der Waals surface area (Å²) in [5, 5.41) is 4.77. The number of thioether (sulfide) groups is 1. The predicted octanol–water partition coefficient (Wildman–Crippen LogP) is 3.44.